The largest absolute Gasteiger partial charge is 0.349 e. The Morgan fingerprint density at radius 3 is 2.25 bits per heavy atom. The molecule has 0 bridgehead atoms. The lowest BCUT2D eigenvalue weighted by atomic mass is 9.93. The molecule has 0 aromatic heterocycles. The van der Waals surface area contributed by atoms with E-state index in [1.165, 1.54) is 11.1 Å². The minimum absolute atomic E-state index is 0. The molecule has 0 aliphatic rings. The highest BCUT2D eigenvalue weighted by atomic mass is 35.5. The number of benzene rings is 2. The van der Waals surface area contributed by atoms with E-state index in [2.05, 4.69) is 31.3 Å². The molecule has 4 heteroatoms. The Kier molecular flexibility index (Phi) is 7.46. The van der Waals surface area contributed by atoms with Crippen LogP contribution in [0.15, 0.2) is 48.5 Å². The third-order valence-electron chi connectivity index (χ3n) is 4.61. The van der Waals surface area contributed by atoms with E-state index in [0.717, 1.165) is 11.1 Å². The lowest BCUT2D eigenvalue weighted by Crippen LogP contribution is -2.37. The van der Waals surface area contributed by atoms with E-state index < -0.39 is 0 Å². The molecule has 0 aliphatic carbocycles. The lowest BCUT2D eigenvalue weighted by Gasteiger charge is -2.23. The Hall–Kier alpha value is -1.84. The summed E-state index contributed by atoms with van der Waals surface area (Å²) in [4.78, 5) is 12.5. The van der Waals surface area contributed by atoms with Gasteiger partial charge in [0, 0.05) is 6.04 Å². The molecule has 130 valence electrons. The molecule has 2 aromatic rings. The van der Waals surface area contributed by atoms with Crippen LogP contribution in [0.25, 0.3) is 0 Å². The molecule has 3 atom stereocenters. The summed E-state index contributed by atoms with van der Waals surface area (Å²) in [6.07, 6.45) is 0. The number of nitrogens with one attached hydrogen (secondary N) is 1. The molecule has 1 amide bonds. The average molecular weight is 347 g/mol. The van der Waals surface area contributed by atoms with Crippen molar-refractivity contribution in [2.24, 2.45) is 11.7 Å². The highest BCUT2D eigenvalue weighted by molar-refractivity contribution is 5.85. The van der Waals surface area contributed by atoms with E-state index in [4.69, 9.17) is 5.73 Å². The number of hydrogen-bond acceptors (Lipinski definition) is 2. The van der Waals surface area contributed by atoms with Crippen LogP contribution in [0.3, 0.4) is 0 Å². The van der Waals surface area contributed by atoms with Crippen LogP contribution < -0.4 is 11.1 Å². The van der Waals surface area contributed by atoms with Crippen molar-refractivity contribution in [3.8, 4) is 0 Å². The van der Waals surface area contributed by atoms with E-state index >= 15 is 0 Å². The molecule has 3 nitrogen and oxygen atoms in total. The zero-order valence-electron chi connectivity index (χ0n) is 14.7. The van der Waals surface area contributed by atoms with Crippen LogP contribution in [0.1, 0.15) is 48.2 Å². The van der Waals surface area contributed by atoms with Crippen LogP contribution in [0.4, 0.5) is 0 Å². The first-order valence-electron chi connectivity index (χ1n) is 8.08. The topological polar surface area (TPSA) is 55.1 Å². The fourth-order valence-corrected chi connectivity index (χ4v) is 2.79. The Bertz CT molecular complexity index is 673. The first-order chi connectivity index (χ1) is 10.9. The summed E-state index contributed by atoms with van der Waals surface area (Å²) in [5.74, 6) is -0.306. The summed E-state index contributed by atoms with van der Waals surface area (Å²) < 4.78 is 0. The summed E-state index contributed by atoms with van der Waals surface area (Å²) in [6.45, 7) is 8.07. The fraction of sp³-hybridized carbons (Fsp3) is 0.350. The first kappa shape index (κ1) is 20.2. The number of amides is 1. The van der Waals surface area contributed by atoms with E-state index in [-0.39, 0.29) is 36.3 Å². The van der Waals surface area contributed by atoms with Crippen molar-refractivity contribution in [1.82, 2.24) is 5.32 Å². The minimum Gasteiger partial charge on any atom is -0.349 e. The number of carbonyl (C=O) groups is 1. The Morgan fingerprint density at radius 1 is 1.00 bits per heavy atom. The second-order valence-corrected chi connectivity index (χ2v) is 6.24. The van der Waals surface area contributed by atoms with Gasteiger partial charge in [-0.05, 0) is 43.0 Å². The normalized spacial score (nSPS) is 14.2. The van der Waals surface area contributed by atoms with Crippen LogP contribution in [0.2, 0.25) is 0 Å². The third-order valence-corrected chi connectivity index (χ3v) is 4.61. The quantitative estimate of drug-likeness (QED) is 0.850. The Balaban J connectivity index is 0.00000288. The minimum atomic E-state index is -0.304. The molecule has 0 heterocycles. The molecule has 0 spiro atoms. The van der Waals surface area contributed by atoms with Gasteiger partial charge in [-0.25, -0.2) is 0 Å². The number of nitrogens with two attached hydrogens (primary N) is 1. The smallest absolute Gasteiger partial charge is 0.225 e. The summed E-state index contributed by atoms with van der Waals surface area (Å²) in [6, 6.07) is 15.6. The number of aryl methyl sites for hydroxylation is 1. The molecule has 24 heavy (non-hydrogen) atoms. The first-order valence-corrected chi connectivity index (χ1v) is 8.08. The highest BCUT2D eigenvalue weighted by Gasteiger charge is 2.23. The van der Waals surface area contributed by atoms with Crippen molar-refractivity contribution in [2.75, 3.05) is 0 Å². The molecule has 0 fully saturated rings. The molecule has 2 rings (SSSR count). The van der Waals surface area contributed by atoms with Crippen LogP contribution in [-0.2, 0) is 4.79 Å². The van der Waals surface area contributed by atoms with Gasteiger partial charge in [0.05, 0.1) is 12.0 Å². The number of rotatable bonds is 5. The summed E-state index contributed by atoms with van der Waals surface area (Å²) in [5, 5.41) is 3.10. The van der Waals surface area contributed by atoms with Crippen molar-refractivity contribution in [1.29, 1.82) is 0 Å². The lowest BCUT2D eigenvalue weighted by molar-refractivity contribution is -0.125. The fourth-order valence-electron chi connectivity index (χ4n) is 2.79. The van der Waals surface area contributed by atoms with Gasteiger partial charge in [0.15, 0.2) is 0 Å². The van der Waals surface area contributed by atoms with Crippen LogP contribution >= 0.6 is 12.4 Å². The predicted octanol–water partition coefficient (Wildman–Crippen LogP) is 4.24. The number of carbonyl (C=O) groups excluding carboxylic acids is 1. The monoisotopic (exact) mass is 346 g/mol. The maximum Gasteiger partial charge on any atom is 0.225 e. The van der Waals surface area contributed by atoms with Crippen molar-refractivity contribution in [3.05, 3.63) is 70.8 Å². The maximum absolute atomic E-state index is 12.5. The van der Waals surface area contributed by atoms with Gasteiger partial charge in [0.1, 0.15) is 0 Å². The van der Waals surface area contributed by atoms with Gasteiger partial charge in [0.2, 0.25) is 5.91 Å². The zero-order chi connectivity index (χ0) is 17.0. The van der Waals surface area contributed by atoms with Gasteiger partial charge in [-0.15, -0.1) is 12.4 Å². The number of hydrogen-bond donors (Lipinski definition) is 2. The standard InChI is InChI=1S/C20H26N2O.ClH/c1-13-9-8-12-18(14(13)2)16(4)22-20(23)15(3)19(21)17-10-6-5-7-11-17;/h5-12,15-16,19H,21H2,1-4H3,(H,22,23);1H. The molecule has 0 radical (unpaired) electrons. The van der Waals surface area contributed by atoms with E-state index in [1.54, 1.807) is 0 Å². The summed E-state index contributed by atoms with van der Waals surface area (Å²) in [7, 11) is 0. The van der Waals surface area contributed by atoms with Crippen LogP contribution in [-0.4, -0.2) is 5.91 Å². The van der Waals surface area contributed by atoms with Gasteiger partial charge in [-0.1, -0.05) is 55.5 Å². The highest BCUT2D eigenvalue weighted by Crippen LogP contribution is 2.23. The molecule has 3 unspecified atom stereocenters. The van der Waals surface area contributed by atoms with Crippen molar-refractivity contribution in [2.45, 2.75) is 39.8 Å². The molecular formula is C20H27ClN2O. The maximum atomic E-state index is 12.5. The van der Waals surface area contributed by atoms with Crippen LogP contribution in [0.5, 0.6) is 0 Å². The van der Waals surface area contributed by atoms with Crippen molar-refractivity contribution in [3.63, 3.8) is 0 Å². The van der Waals surface area contributed by atoms with Gasteiger partial charge in [-0.2, -0.15) is 0 Å². The van der Waals surface area contributed by atoms with Gasteiger partial charge < -0.3 is 11.1 Å². The second kappa shape index (κ2) is 8.86. The molecule has 2 aromatic carbocycles. The van der Waals surface area contributed by atoms with Gasteiger partial charge in [-0.3, -0.25) is 4.79 Å². The summed E-state index contributed by atoms with van der Waals surface area (Å²) >= 11 is 0. The molecule has 3 N–H and O–H groups in total. The zero-order valence-corrected chi connectivity index (χ0v) is 15.6. The average Bonchev–Trinajstić information content (AvgIpc) is 2.56. The van der Waals surface area contributed by atoms with Crippen LogP contribution in [0, 0.1) is 19.8 Å². The third kappa shape index (κ3) is 4.59. The predicted molar refractivity (Wildman–Crippen MR) is 102 cm³/mol. The molecule has 0 saturated carbocycles. The summed E-state index contributed by atoms with van der Waals surface area (Å²) in [5.41, 5.74) is 10.8. The Labute approximate surface area is 151 Å². The Morgan fingerprint density at radius 2 is 1.62 bits per heavy atom. The van der Waals surface area contributed by atoms with E-state index in [0.29, 0.717) is 0 Å². The van der Waals surface area contributed by atoms with Gasteiger partial charge in [0.25, 0.3) is 0 Å². The van der Waals surface area contributed by atoms with Crippen molar-refractivity contribution < 1.29 is 4.79 Å². The molecular weight excluding hydrogens is 320 g/mol. The van der Waals surface area contributed by atoms with Gasteiger partial charge >= 0.3 is 0 Å². The van der Waals surface area contributed by atoms with Crippen molar-refractivity contribution >= 4 is 18.3 Å². The van der Waals surface area contributed by atoms with E-state index in [9.17, 15) is 4.79 Å². The molecule has 0 aliphatic heterocycles. The number of halogens is 1. The second-order valence-electron chi connectivity index (χ2n) is 6.24. The molecule has 0 saturated heterocycles. The SMILES string of the molecule is Cc1cccc(C(C)NC(=O)C(C)C(N)c2ccccc2)c1C.Cl. The van der Waals surface area contributed by atoms with E-state index in [1.807, 2.05) is 50.2 Å².